The van der Waals surface area contributed by atoms with Crippen LogP contribution in [0.3, 0.4) is 0 Å². The van der Waals surface area contributed by atoms with Crippen molar-refractivity contribution < 1.29 is 47.2 Å². The first-order valence-corrected chi connectivity index (χ1v) is 20.3. The van der Waals surface area contributed by atoms with Gasteiger partial charge >= 0.3 is 18.1 Å². The number of aromatic hydroxyl groups is 2. The molecule has 2 aromatic rings. The summed E-state index contributed by atoms with van der Waals surface area (Å²) in [5.74, 6) is 1.47. The minimum absolute atomic E-state index is 0. The zero-order chi connectivity index (χ0) is 41.6. The molecule has 4 aliphatic rings. The molecule has 0 amide bonds. The second kappa shape index (κ2) is 20.2. The molecule has 0 spiro atoms. The molecule has 320 valence electrons. The number of alkyl halides is 3. The third kappa shape index (κ3) is 12.7. The van der Waals surface area contributed by atoms with Crippen LogP contribution in [0.5, 0.6) is 23.0 Å². The molecule has 2 fully saturated rings. The molecule has 2 aromatic carbocycles. The first-order chi connectivity index (χ1) is 26.2. The number of phenols is 2. The number of halogens is 4. The first-order valence-electron chi connectivity index (χ1n) is 20.3. The molecule has 2 aliphatic heterocycles. The van der Waals surface area contributed by atoms with Crippen molar-refractivity contribution >= 4 is 35.2 Å². The molecular formula is C44H64BrF3N2O7. The fourth-order valence-electron chi connectivity index (χ4n) is 8.44. The Hall–Kier alpha value is -3.16. The van der Waals surface area contributed by atoms with Crippen molar-refractivity contribution in [1.82, 2.24) is 9.80 Å². The van der Waals surface area contributed by atoms with Gasteiger partial charge in [-0.25, -0.2) is 0 Å². The monoisotopic (exact) mass is 868 g/mol. The van der Waals surface area contributed by atoms with E-state index in [1.54, 1.807) is 12.1 Å². The topological polar surface area (TPSA) is 117 Å². The van der Waals surface area contributed by atoms with Gasteiger partial charge in [0.15, 0.2) is 23.0 Å². The van der Waals surface area contributed by atoms with Gasteiger partial charge in [0.2, 0.25) is 6.29 Å². The normalized spacial score (nSPS) is 21.9. The lowest BCUT2D eigenvalue weighted by Crippen LogP contribution is -2.49. The van der Waals surface area contributed by atoms with E-state index in [1.807, 2.05) is 47.6 Å². The van der Waals surface area contributed by atoms with E-state index in [9.17, 15) is 33.0 Å². The quantitative estimate of drug-likeness (QED) is 0.127. The van der Waals surface area contributed by atoms with Gasteiger partial charge in [0, 0.05) is 23.2 Å². The molecule has 0 radical (unpaired) electrons. The first kappa shape index (κ1) is 48.2. The minimum Gasteiger partial charge on any atom is -0.504 e. The summed E-state index contributed by atoms with van der Waals surface area (Å²) >= 11 is 0. The fourth-order valence-corrected chi connectivity index (χ4v) is 8.44. The summed E-state index contributed by atoms with van der Waals surface area (Å²) in [5, 5.41) is 19.7. The lowest BCUT2D eigenvalue weighted by molar-refractivity contribution is -0.156. The van der Waals surface area contributed by atoms with Gasteiger partial charge in [0.25, 0.3) is 0 Å². The number of carbonyl (C=O) groups excluding carboxylic acids is 3. The summed E-state index contributed by atoms with van der Waals surface area (Å²) in [7, 11) is 0. The van der Waals surface area contributed by atoms with E-state index in [4.69, 9.17) is 14.3 Å². The van der Waals surface area contributed by atoms with Crippen molar-refractivity contribution in [1.29, 1.82) is 0 Å². The Morgan fingerprint density at radius 1 is 0.737 bits per heavy atom. The molecule has 0 bridgehead atoms. The van der Waals surface area contributed by atoms with Gasteiger partial charge in [0.05, 0.1) is 10.8 Å². The van der Waals surface area contributed by atoms with Crippen LogP contribution in [0.15, 0.2) is 24.3 Å². The summed E-state index contributed by atoms with van der Waals surface area (Å²) in [6, 6.07) is 8.65. The molecule has 2 aliphatic carbocycles. The van der Waals surface area contributed by atoms with E-state index in [-0.39, 0.29) is 40.4 Å². The van der Waals surface area contributed by atoms with Crippen LogP contribution in [0.4, 0.5) is 13.2 Å². The number of rotatable bonds is 6. The molecule has 2 saturated heterocycles. The van der Waals surface area contributed by atoms with E-state index in [2.05, 4.69) is 29.7 Å². The molecule has 1 unspecified atom stereocenters. The van der Waals surface area contributed by atoms with Crippen LogP contribution < -0.4 is 9.47 Å². The highest BCUT2D eigenvalue weighted by Crippen LogP contribution is 2.45. The van der Waals surface area contributed by atoms with Gasteiger partial charge in [0.1, 0.15) is 0 Å². The number of esters is 2. The van der Waals surface area contributed by atoms with Crippen molar-refractivity contribution in [2.75, 3.05) is 26.2 Å². The molecule has 0 saturated carbocycles. The third-order valence-electron chi connectivity index (χ3n) is 11.3. The standard InChI is InChI=1S/C26H39NO4.C16H23NO2.C2HF3O.BrH/c1-8-13-27-14-9-10-18-15-19-17(16-20(18)27)11-12-21(30-23(28)25(2,3)4)22(19)31-24(29)26(5,6)7;1-2-7-17-8-3-4-12-9-13-11(10-14(12)17)5-6-15(18)16(13)19;3-2(4,5)1-6;/h11-12,18,20H,8-10,13-16H2,1-7H3;5-6,12,14,18-19H,2-4,7-10H2,1H3;1H;1H/t18-,20?;12-,14-;;/m11../s1. The average Bonchev–Trinajstić information content (AvgIpc) is 3.13. The average molecular weight is 870 g/mol. The number of hydrogen-bond donors (Lipinski definition) is 2. The summed E-state index contributed by atoms with van der Waals surface area (Å²) in [6.07, 6.45) is 5.30. The predicted molar refractivity (Wildman–Crippen MR) is 220 cm³/mol. The molecule has 4 atom stereocenters. The zero-order valence-electron chi connectivity index (χ0n) is 35.0. The number of nitrogens with zero attached hydrogens (tertiary/aromatic N) is 2. The van der Waals surface area contributed by atoms with Crippen molar-refractivity contribution in [2.45, 2.75) is 138 Å². The highest BCUT2D eigenvalue weighted by atomic mass is 79.9. The number of ether oxygens (including phenoxy) is 2. The number of piperidine rings is 2. The zero-order valence-corrected chi connectivity index (χ0v) is 36.7. The second-order valence-electron chi connectivity index (χ2n) is 17.9. The fraction of sp³-hybridized carbons (Fsp3) is 0.659. The Balaban J connectivity index is 0.000000283. The Morgan fingerprint density at radius 2 is 1.18 bits per heavy atom. The van der Waals surface area contributed by atoms with Crippen LogP contribution in [0.25, 0.3) is 0 Å². The summed E-state index contributed by atoms with van der Waals surface area (Å²) < 4.78 is 43.0. The Kier molecular flexibility index (Phi) is 17.1. The number of benzene rings is 2. The summed E-state index contributed by atoms with van der Waals surface area (Å²) in [6.45, 7) is 20.2. The van der Waals surface area contributed by atoms with E-state index in [0.717, 1.165) is 56.3 Å². The molecule has 9 nitrogen and oxygen atoms in total. The van der Waals surface area contributed by atoms with Crippen LogP contribution in [0, 0.1) is 22.7 Å². The number of aldehydes is 1. The van der Waals surface area contributed by atoms with Gasteiger partial charge in [-0.2, -0.15) is 13.2 Å². The molecule has 0 aromatic heterocycles. The van der Waals surface area contributed by atoms with Crippen molar-refractivity contribution in [2.24, 2.45) is 22.7 Å². The molecule has 57 heavy (non-hydrogen) atoms. The Labute approximate surface area is 347 Å². The SMILES string of the molecule is Br.CCCN1CCC[C@@H]2Cc3c(ccc(O)c3O)C[C@H]21.CCCN1CCC[C@@H]2Cc3c(ccc(OC(=O)C(C)(C)C)c3OC(=O)C(C)(C)C)CC21.O=CC(F)(F)F. The van der Waals surface area contributed by atoms with Crippen LogP contribution in [0.1, 0.15) is 116 Å². The van der Waals surface area contributed by atoms with Crippen molar-refractivity contribution in [3.63, 3.8) is 0 Å². The maximum absolute atomic E-state index is 12.8. The van der Waals surface area contributed by atoms with Crippen molar-refractivity contribution in [3.8, 4) is 23.0 Å². The van der Waals surface area contributed by atoms with E-state index in [0.29, 0.717) is 35.4 Å². The van der Waals surface area contributed by atoms with Crippen LogP contribution in [-0.4, -0.2) is 82.7 Å². The largest absolute Gasteiger partial charge is 0.504 e. The Morgan fingerprint density at radius 3 is 1.63 bits per heavy atom. The van der Waals surface area contributed by atoms with Gasteiger partial charge in [-0.1, -0.05) is 26.0 Å². The highest BCUT2D eigenvalue weighted by molar-refractivity contribution is 8.93. The molecular weight excluding hydrogens is 805 g/mol. The maximum atomic E-state index is 12.8. The van der Waals surface area contributed by atoms with Crippen molar-refractivity contribution in [3.05, 3.63) is 46.5 Å². The molecule has 2 heterocycles. The smallest absolute Gasteiger partial charge is 0.446 e. The lowest BCUT2D eigenvalue weighted by Gasteiger charge is -2.45. The van der Waals surface area contributed by atoms with Gasteiger partial charge in [-0.15, -0.1) is 17.0 Å². The van der Waals surface area contributed by atoms with E-state index >= 15 is 0 Å². The Bertz CT molecular complexity index is 1680. The lowest BCUT2D eigenvalue weighted by atomic mass is 9.75. The predicted octanol–water partition coefficient (Wildman–Crippen LogP) is 9.19. The van der Waals surface area contributed by atoms with Crippen LogP contribution in [0.2, 0.25) is 0 Å². The number of phenolic OH excluding ortho intramolecular Hbond substituents is 2. The number of carbonyl (C=O) groups is 3. The minimum atomic E-state index is -4.64. The molecule has 2 N–H and O–H groups in total. The summed E-state index contributed by atoms with van der Waals surface area (Å²) in [4.78, 5) is 39.4. The van der Waals surface area contributed by atoms with Crippen LogP contribution >= 0.6 is 17.0 Å². The van der Waals surface area contributed by atoms with Crippen LogP contribution in [-0.2, 0) is 40.1 Å². The number of hydrogen-bond acceptors (Lipinski definition) is 9. The van der Waals surface area contributed by atoms with E-state index in [1.165, 1.54) is 56.3 Å². The molecule has 6 rings (SSSR count). The maximum Gasteiger partial charge on any atom is 0.446 e. The number of likely N-dealkylation sites (tertiary alicyclic amines) is 2. The molecule has 13 heteroatoms. The summed E-state index contributed by atoms with van der Waals surface area (Å²) in [5.41, 5.74) is 3.16. The van der Waals surface area contributed by atoms with Gasteiger partial charge < -0.3 is 19.7 Å². The number of fused-ring (bicyclic) bond motifs is 4. The second-order valence-corrected chi connectivity index (χ2v) is 17.9. The van der Waals surface area contributed by atoms with Gasteiger partial charge in [-0.05, 0) is 167 Å². The van der Waals surface area contributed by atoms with Gasteiger partial charge in [-0.3, -0.25) is 24.2 Å². The third-order valence-corrected chi connectivity index (χ3v) is 11.3. The highest BCUT2D eigenvalue weighted by Gasteiger charge is 2.39. The van der Waals surface area contributed by atoms with E-state index < -0.39 is 23.3 Å².